The molecule has 1 aromatic heterocycles. The number of amides is 1. The van der Waals surface area contributed by atoms with Crippen LogP contribution >= 0.6 is 0 Å². The van der Waals surface area contributed by atoms with E-state index < -0.39 is 6.04 Å². The van der Waals surface area contributed by atoms with Crippen LogP contribution in [0.15, 0.2) is 59.7 Å². The molecule has 1 aliphatic rings. The molecule has 3 aromatic rings. The second kappa shape index (κ2) is 13.9. The summed E-state index contributed by atoms with van der Waals surface area (Å²) in [6, 6.07) is 16.8. The van der Waals surface area contributed by atoms with Crippen molar-refractivity contribution in [2.75, 3.05) is 5.01 Å². The molecule has 0 N–H and O–H groups in total. The molecule has 0 saturated heterocycles. The lowest BCUT2D eigenvalue weighted by Gasteiger charge is -2.13. The van der Waals surface area contributed by atoms with Crippen molar-refractivity contribution in [2.45, 2.75) is 103 Å². The average molecular weight is 488 g/mol. The van der Waals surface area contributed by atoms with Crippen LogP contribution in [0.25, 0.3) is 11.0 Å². The molecule has 0 bridgehead atoms. The van der Waals surface area contributed by atoms with Crippen LogP contribution in [-0.2, 0) is 4.79 Å². The van der Waals surface area contributed by atoms with Crippen molar-refractivity contribution in [1.82, 2.24) is 15.0 Å². The Hall–Kier alpha value is -3.02. The molecule has 0 radical (unpaired) electrons. The van der Waals surface area contributed by atoms with Crippen molar-refractivity contribution < 1.29 is 4.79 Å². The lowest BCUT2D eigenvalue weighted by Crippen LogP contribution is -2.31. The van der Waals surface area contributed by atoms with E-state index in [1.54, 1.807) is 4.80 Å². The molecule has 6 heteroatoms. The molecule has 1 atom stereocenters. The smallest absolute Gasteiger partial charge is 0.269 e. The molecular weight excluding hydrogens is 446 g/mol. The van der Waals surface area contributed by atoms with Gasteiger partial charge in [0.05, 0.1) is 11.4 Å². The van der Waals surface area contributed by atoms with E-state index in [0.717, 1.165) is 41.7 Å². The van der Waals surface area contributed by atoms with E-state index in [2.05, 4.69) is 17.1 Å². The third-order valence-electron chi connectivity index (χ3n) is 7.06. The highest BCUT2D eigenvalue weighted by molar-refractivity contribution is 6.17. The van der Waals surface area contributed by atoms with Crippen molar-refractivity contribution in [2.24, 2.45) is 5.10 Å². The van der Waals surface area contributed by atoms with E-state index in [-0.39, 0.29) is 5.91 Å². The van der Waals surface area contributed by atoms with Gasteiger partial charge in [0.15, 0.2) is 6.04 Å². The summed E-state index contributed by atoms with van der Waals surface area (Å²) in [7, 11) is 0. The number of anilines is 1. The molecule has 1 unspecified atom stereocenters. The zero-order valence-corrected chi connectivity index (χ0v) is 21.8. The van der Waals surface area contributed by atoms with Gasteiger partial charge in [-0.1, -0.05) is 114 Å². The van der Waals surface area contributed by atoms with Gasteiger partial charge in [0.2, 0.25) is 0 Å². The van der Waals surface area contributed by atoms with Gasteiger partial charge in [-0.3, -0.25) is 4.79 Å². The molecule has 0 saturated carbocycles. The highest BCUT2D eigenvalue weighted by Gasteiger charge is 2.39. The molecule has 0 fully saturated rings. The Bertz CT molecular complexity index is 1070. The second-order valence-electron chi connectivity index (χ2n) is 9.98. The summed E-state index contributed by atoms with van der Waals surface area (Å²) in [5.41, 5.74) is 3.23. The third kappa shape index (κ3) is 7.02. The van der Waals surface area contributed by atoms with Gasteiger partial charge in [-0.2, -0.15) is 25.1 Å². The van der Waals surface area contributed by atoms with Gasteiger partial charge in [-0.25, -0.2) is 0 Å². The van der Waals surface area contributed by atoms with Crippen LogP contribution < -0.4 is 5.01 Å². The first-order valence-electron chi connectivity index (χ1n) is 14.1. The molecule has 36 heavy (non-hydrogen) atoms. The molecule has 4 rings (SSSR count). The van der Waals surface area contributed by atoms with Crippen molar-refractivity contribution in [3.05, 3.63) is 54.6 Å². The second-order valence-corrected chi connectivity index (χ2v) is 9.98. The summed E-state index contributed by atoms with van der Waals surface area (Å²) >= 11 is 0. The van der Waals surface area contributed by atoms with E-state index in [4.69, 9.17) is 5.10 Å². The molecule has 1 aliphatic heterocycles. The van der Waals surface area contributed by atoms with Gasteiger partial charge in [-0.05, 0) is 37.1 Å². The number of carbonyl (C=O) groups excluding carboxylic acids is 1. The highest BCUT2D eigenvalue weighted by Crippen LogP contribution is 2.29. The van der Waals surface area contributed by atoms with Crippen LogP contribution in [0.4, 0.5) is 5.69 Å². The van der Waals surface area contributed by atoms with E-state index in [9.17, 15) is 4.79 Å². The van der Waals surface area contributed by atoms with Crippen LogP contribution in [0, 0.1) is 0 Å². The predicted octanol–water partition coefficient (Wildman–Crippen LogP) is 7.86. The lowest BCUT2D eigenvalue weighted by molar-refractivity contribution is -0.119. The molecule has 192 valence electrons. The summed E-state index contributed by atoms with van der Waals surface area (Å²) in [4.78, 5) is 15.0. The Morgan fingerprint density at radius 3 is 1.72 bits per heavy atom. The van der Waals surface area contributed by atoms with Gasteiger partial charge in [-0.15, -0.1) is 0 Å². The van der Waals surface area contributed by atoms with E-state index in [0.29, 0.717) is 0 Å². The number of hydrogen-bond acceptors (Lipinski definition) is 4. The number of nitrogens with zero attached hydrogens (tertiary/aromatic N) is 5. The maximum Gasteiger partial charge on any atom is 0.280 e. The summed E-state index contributed by atoms with van der Waals surface area (Å²) in [5, 5.41) is 15.5. The molecule has 6 nitrogen and oxygen atoms in total. The van der Waals surface area contributed by atoms with Gasteiger partial charge in [0.25, 0.3) is 5.91 Å². The molecule has 0 aliphatic carbocycles. The fraction of sp³-hybridized carbons (Fsp3) is 0.533. The first-order valence-corrected chi connectivity index (χ1v) is 14.1. The Kier molecular flexibility index (Phi) is 10.1. The average Bonchev–Trinajstić information content (AvgIpc) is 3.47. The standard InChI is InChI=1S/C30H41N5O/c1-2-3-4-5-6-7-8-9-10-11-12-13-17-24-28-29(35-32-26-22-18-19-23-27(26)33-35)30(36)34(31-28)25-20-15-14-16-21-25/h14-16,18-23,29H,2-13,17,24H2,1H3. The summed E-state index contributed by atoms with van der Waals surface area (Å²) in [6.45, 7) is 2.27. The van der Waals surface area contributed by atoms with E-state index in [1.165, 1.54) is 75.6 Å². The third-order valence-corrected chi connectivity index (χ3v) is 7.06. The maximum absolute atomic E-state index is 13.4. The Labute approximate surface area is 215 Å². The molecule has 2 aromatic carbocycles. The summed E-state index contributed by atoms with van der Waals surface area (Å²) in [6.07, 6.45) is 17.9. The Balaban J connectivity index is 1.26. The number of hydrazone groups is 1. The highest BCUT2D eigenvalue weighted by atomic mass is 16.2. The number of benzene rings is 2. The number of carbonyl (C=O) groups is 1. The van der Waals surface area contributed by atoms with E-state index >= 15 is 0 Å². The molecule has 0 spiro atoms. The molecule has 1 amide bonds. The quantitative estimate of drug-likeness (QED) is 0.193. The number of fused-ring (bicyclic) bond motifs is 1. The number of para-hydroxylation sites is 1. The van der Waals surface area contributed by atoms with E-state index in [1.807, 2.05) is 54.6 Å². The fourth-order valence-corrected chi connectivity index (χ4v) is 4.98. The van der Waals surface area contributed by atoms with Crippen molar-refractivity contribution in [1.29, 1.82) is 0 Å². The van der Waals surface area contributed by atoms with Gasteiger partial charge < -0.3 is 0 Å². The first-order chi connectivity index (χ1) is 17.8. The van der Waals surface area contributed by atoms with Crippen molar-refractivity contribution >= 4 is 28.3 Å². The van der Waals surface area contributed by atoms with Gasteiger partial charge in [0, 0.05) is 0 Å². The topological polar surface area (TPSA) is 63.4 Å². The summed E-state index contributed by atoms with van der Waals surface area (Å²) < 4.78 is 0. The lowest BCUT2D eigenvalue weighted by atomic mass is 10.0. The van der Waals surface area contributed by atoms with Crippen molar-refractivity contribution in [3.8, 4) is 0 Å². The zero-order valence-electron chi connectivity index (χ0n) is 21.8. The number of rotatable bonds is 16. The molecular formula is C30H41N5O. The maximum atomic E-state index is 13.4. The van der Waals surface area contributed by atoms with Crippen molar-refractivity contribution in [3.63, 3.8) is 0 Å². The van der Waals surface area contributed by atoms with Gasteiger partial charge in [0.1, 0.15) is 11.0 Å². The van der Waals surface area contributed by atoms with Crippen LogP contribution in [0.2, 0.25) is 0 Å². The first kappa shape index (κ1) is 26.1. The normalized spacial score (nSPS) is 15.7. The minimum atomic E-state index is -0.574. The monoisotopic (exact) mass is 487 g/mol. The molecule has 2 heterocycles. The van der Waals surface area contributed by atoms with Crippen LogP contribution in [-0.4, -0.2) is 26.6 Å². The van der Waals surface area contributed by atoms with Crippen LogP contribution in [0.3, 0.4) is 0 Å². The number of aromatic nitrogens is 3. The largest absolute Gasteiger partial charge is 0.280 e. The number of unbranched alkanes of at least 4 members (excludes halogenated alkanes) is 12. The number of hydrogen-bond donors (Lipinski definition) is 0. The van der Waals surface area contributed by atoms with Gasteiger partial charge >= 0.3 is 0 Å². The zero-order chi connectivity index (χ0) is 25.0. The Morgan fingerprint density at radius 1 is 0.667 bits per heavy atom. The Morgan fingerprint density at radius 2 is 1.17 bits per heavy atom. The minimum Gasteiger partial charge on any atom is -0.269 e. The van der Waals surface area contributed by atoms with Crippen LogP contribution in [0.5, 0.6) is 0 Å². The SMILES string of the molecule is CCCCCCCCCCCCCCCC1=NN(c2ccccc2)C(=O)C1n1nc2ccccc2n1. The minimum absolute atomic E-state index is 0.0915. The summed E-state index contributed by atoms with van der Waals surface area (Å²) in [5.74, 6) is -0.0915. The fourth-order valence-electron chi connectivity index (χ4n) is 4.98. The predicted molar refractivity (Wildman–Crippen MR) is 148 cm³/mol. The van der Waals surface area contributed by atoms with Crippen LogP contribution in [0.1, 0.15) is 103 Å².